The van der Waals surface area contributed by atoms with Crippen molar-refractivity contribution < 1.29 is 13.6 Å². The number of rotatable bonds is 5. The van der Waals surface area contributed by atoms with Gasteiger partial charge in [0.1, 0.15) is 11.6 Å². The van der Waals surface area contributed by atoms with Crippen molar-refractivity contribution in [1.29, 1.82) is 0 Å². The van der Waals surface area contributed by atoms with Crippen molar-refractivity contribution in [2.24, 2.45) is 0 Å². The molecular formula is C12H13F2NO. The van der Waals surface area contributed by atoms with E-state index in [-0.39, 0.29) is 12.0 Å². The largest absolute Gasteiger partial charge is 0.356 e. The van der Waals surface area contributed by atoms with Crippen LogP contribution in [0.2, 0.25) is 0 Å². The van der Waals surface area contributed by atoms with Gasteiger partial charge in [0.15, 0.2) is 0 Å². The molecule has 1 N–H and O–H groups in total. The molecule has 0 saturated heterocycles. The van der Waals surface area contributed by atoms with Gasteiger partial charge in [-0.2, -0.15) is 0 Å². The van der Waals surface area contributed by atoms with E-state index in [1.54, 1.807) is 6.08 Å². The lowest BCUT2D eigenvalue weighted by Gasteiger charge is -2.05. The first-order valence-electron chi connectivity index (χ1n) is 4.95. The molecule has 1 rings (SSSR count). The van der Waals surface area contributed by atoms with Crippen LogP contribution in [-0.2, 0) is 11.2 Å². The Morgan fingerprint density at radius 3 is 2.56 bits per heavy atom. The molecule has 0 heterocycles. The van der Waals surface area contributed by atoms with Gasteiger partial charge in [-0.25, -0.2) is 8.78 Å². The summed E-state index contributed by atoms with van der Waals surface area (Å²) in [6.45, 7) is 3.93. The van der Waals surface area contributed by atoms with Gasteiger partial charge >= 0.3 is 0 Å². The maximum atomic E-state index is 13.2. The minimum Gasteiger partial charge on any atom is -0.356 e. The van der Waals surface area contributed by atoms with E-state index in [2.05, 4.69) is 11.9 Å². The van der Waals surface area contributed by atoms with Crippen LogP contribution in [0.3, 0.4) is 0 Å². The summed E-state index contributed by atoms with van der Waals surface area (Å²) in [5.41, 5.74) is -0.196. The number of nitrogens with one attached hydrogen (secondary N) is 1. The molecule has 0 fully saturated rings. The molecule has 0 radical (unpaired) electrons. The fourth-order valence-corrected chi connectivity index (χ4v) is 1.24. The van der Waals surface area contributed by atoms with Gasteiger partial charge in [0.25, 0.3) is 0 Å². The van der Waals surface area contributed by atoms with Crippen LogP contribution in [-0.4, -0.2) is 12.5 Å². The van der Waals surface area contributed by atoms with Crippen molar-refractivity contribution in [2.45, 2.75) is 12.8 Å². The first-order chi connectivity index (χ1) is 7.65. The van der Waals surface area contributed by atoms with Crippen LogP contribution in [0.25, 0.3) is 0 Å². The average molecular weight is 225 g/mol. The van der Waals surface area contributed by atoms with Crippen molar-refractivity contribution in [1.82, 2.24) is 5.32 Å². The highest BCUT2D eigenvalue weighted by molar-refractivity contribution is 5.78. The topological polar surface area (TPSA) is 29.1 Å². The molecule has 0 aliphatic rings. The minimum absolute atomic E-state index is 0.196. The summed E-state index contributed by atoms with van der Waals surface area (Å²) >= 11 is 0. The van der Waals surface area contributed by atoms with Crippen molar-refractivity contribution in [3.63, 3.8) is 0 Å². The zero-order valence-electron chi connectivity index (χ0n) is 8.80. The van der Waals surface area contributed by atoms with Crippen LogP contribution < -0.4 is 5.32 Å². The highest BCUT2D eigenvalue weighted by Gasteiger charge is 2.12. The third kappa shape index (κ3) is 3.46. The van der Waals surface area contributed by atoms with Gasteiger partial charge in [-0.15, -0.1) is 6.58 Å². The van der Waals surface area contributed by atoms with Crippen LogP contribution in [0.4, 0.5) is 8.78 Å². The molecule has 86 valence electrons. The van der Waals surface area contributed by atoms with Gasteiger partial charge in [-0.3, -0.25) is 4.79 Å². The standard InChI is InChI=1S/C12H13F2NO/c1-2-3-7-15-12(16)8-9-10(13)5-4-6-11(9)14/h2,4-6H,1,3,7-8H2,(H,15,16). The lowest BCUT2D eigenvalue weighted by atomic mass is 10.1. The van der Waals surface area contributed by atoms with E-state index in [1.807, 2.05) is 0 Å². The van der Waals surface area contributed by atoms with Crippen LogP contribution in [0.5, 0.6) is 0 Å². The highest BCUT2D eigenvalue weighted by atomic mass is 19.1. The zero-order valence-corrected chi connectivity index (χ0v) is 8.80. The van der Waals surface area contributed by atoms with E-state index in [0.717, 1.165) is 12.1 Å². The fourth-order valence-electron chi connectivity index (χ4n) is 1.24. The lowest BCUT2D eigenvalue weighted by molar-refractivity contribution is -0.120. The third-order valence-electron chi connectivity index (χ3n) is 2.07. The summed E-state index contributed by atoms with van der Waals surface area (Å²) in [6, 6.07) is 3.54. The maximum absolute atomic E-state index is 13.2. The average Bonchev–Trinajstić information content (AvgIpc) is 2.24. The Balaban J connectivity index is 2.59. The molecule has 0 bridgehead atoms. The Hall–Kier alpha value is -1.71. The second-order valence-electron chi connectivity index (χ2n) is 3.30. The van der Waals surface area contributed by atoms with Gasteiger partial charge in [-0.1, -0.05) is 12.1 Å². The van der Waals surface area contributed by atoms with E-state index < -0.39 is 17.5 Å². The monoisotopic (exact) mass is 225 g/mol. The van der Waals surface area contributed by atoms with E-state index in [4.69, 9.17) is 0 Å². The second-order valence-corrected chi connectivity index (χ2v) is 3.30. The molecule has 1 aromatic rings. The number of carbonyl (C=O) groups excluding carboxylic acids is 1. The molecule has 1 aromatic carbocycles. The first kappa shape index (κ1) is 12.4. The number of benzene rings is 1. The molecule has 0 atom stereocenters. The van der Waals surface area contributed by atoms with Crippen LogP contribution in [0.1, 0.15) is 12.0 Å². The summed E-state index contributed by atoms with van der Waals surface area (Å²) in [5, 5.41) is 2.54. The van der Waals surface area contributed by atoms with E-state index >= 15 is 0 Å². The third-order valence-corrected chi connectivity index (χ3v) is 2.07. The van der Waals surface area contributed by atoms with Crippen molar-refractivity contribution in [3.8, 4) is 0 Å². The molecule has 16 heavy (non-hydrogen) atoms. The summed E-state index contributed by atoms with van der Waals surface area (Å²) in [6.07, 6.45) is 2.01. The van der Waals surface area contributed by atoms with Gasteiger partial charge in [0.05, 0.1) is 6.42 Å². The molecule has 1 amide bonds. The second kappa shape index (κ2) is 6.00. The Morgan fingerprint density at radius 1 is 1.38 bits per heavy atom. The summed E-state index contributed by atoms with van der Waals surface area (Å²) < 4.78 is 26.3. The maximum Gasteiger partial charge on any atom is 0.224 e. The number of hydrogen-bond acceptors (Lipinski definition) is 1. The smallest absolute Gasteiger partial charge is 0.224 e. The number of halogens is 2. The minimum atomic E-state index is -0.695. The Bertz CT molecular complexity index is 370. The summed E-state index contributed by atoms with van der Waals surface area (Å²) in [5.74, 6) is -1.79. The predicted molar refractivity (Wildman–Crippen MR) is 57.9 cm³/mol. The molecule has 0 aliphatic heterocycles. The van der Waals surface area contributed by atoms with E-state index in [1.165, 1.54) is 6.07 Å². The highest BCUT2D eigenvalue weighted by Crippen LogP contribution is 2.12. The van der Waals surface area contributed by atoms with Crippen molar-refractivity contribution >= 4 is 5.91 Å². The molecule has 0 unspecified atom stereocenters. The van der Waals surface area contributed by atoms with Crippen LogP contribution in [0.15, 0.2) is 30.9 Å². The molecule has 0 aliphatic carbocycles. The van der Waals surface area contributed by atoms with Gasteiger partial charge < -0.3 is 5.32 Å². The summed E-state index contributed by atoms with van der Waals surface area (Å²) in [4.78, 5) is 11.3. The Morgan fingerprint density at radius 2 is 2.00 bits per heavy atom. The Labute approximate surface area is 93.0 Å². The lowest BCUT2D eigenvalue weighted by Crippen LogP contribution is -2.26. The molecule has 0 saturated carbocycles. The summed E-state index contributed by atoms with van der Waals surface area (Å²) in [7, 11) is 0. The first-order valence-corrected chi connectivity index (χ1v) is 4.95. The van der Waals surface area contributed by atoms with Gasteiger partial charge in [0.2, 0.25) is 5.91 Å². The number of amides is 1. The van der Waals surface area contributed by atoms with Crippen molar-refractivity contribution in [3.05, 3.63) is 48.1 Å². The predicted octanol–water partition coefficient (Wildman–Crippen LogP) is 2.20. The SMILES string of the molecule is C=CCCNC(=O)Cc1c(F)cccc1F. The van der Waals surface area contributed by atoms with Crippen LogP contribution >= 0.6 is 0 Å². The molecular weight excluding hydrogens is 212 g/mol. The quantitative estimate of drug-likeness (QED) is 0.604. The number of hydrogen-bond donors (Lipinski definition) is 1. The molecule has 0 spiro atoms. The zero-order chi connectivity index (χ0) is 12.0. The number of carbonyl (C=O) groups is 1. The van der Waals surface area contributed by atoms with Gasteiger partial charge in [-0.05, 0) is 18.6 Å². The normalized spacial score (nSPS) is 9.88. The van der Waals surface area contributed by atoms with Crippen molar-refractivity contribution in [2.75, 3.05) is 6.54 Å². The molecule has 4 heteroatoms. The Kier molecular flexibility index (Phi) is 4.64. The fraction of sp³-hybridized carbons (Fsp3) is 0.250. The van der Waals surface area contributed by atoms with E-state index in [9.17, 15) is 13.6 Å². The van der Waals surface area contributed by atoms with E-state index in [0.29, 0.717) is 13.0 Å². The molecule has 0 aromatic heterocycles. The van der Waals surface area contributed by atoms with Crippen LogP contribution in [0, 0.1) is 11.6 Å². The molecule has 2 nitrogen and oxygen atoms in total. The van der Waals surface area contributed by atoms with Gasteiger partial charge in [0, 0.05) is 12.1 Å².